The van der Waals surface area contributed by atoms with Gasteiger partial charge in [-0.3, -0.25) is 4.79 Å². The molecule has 0 aliphatic rings. The number of esters is 1. The largest absolute Gasteiger partial charge is 0.493 e. The quantitative estimate of drug-likeness (QED) is 0.503. The predicted molar refractivity (Wildman–Crippen MR) is 103 cm³/mol. The number of carbonyl (C=O) groups is 1. The second kappa shape index (κ2) is 9.57. The summed E-state index contributed by atoms with van der Waals surface area (Å²) in [4.78, 5) is 11.0. The van der Waals surface area contributed by atoms with Crippen LogP contribution in [0, 0.1) is 12.8 Å². The number of carbonyl (C=O) groups excluding carboxylic acids is 1. The summed E-state index contributed by atoms with van der Waals surface area (Å²) in [6.07, 6.45) is 0.422. The van der Waals surface area contributed by atoms with Crippen LogP contribution >= 0.6 is 0 Å². The molecule has 152 valence electrons. The van der Waals surface area contributed by atoms with Crippen LogP contribution in [-0.2, 0) is 26.1 Å². The van der Waals surface area contributed by atoms with Gasteiger partial charge in [0.15, 0.2) is 11.5 Å². The lowest BCUT2D eigenvalue weighted by Gasteiger charge is -2.16. The molecule has 0 amide bonds. The lowest BCUT2D eigenvalue weighted by atomic mass is 10.0. The monoisotopic (exact) mass is 408 g/mol. The molecule has 0 radical (unpaired) electrons. The first-order valence-corrected chi connectivity index (χ1v) is 10.1. The zero-order chi connectivity index (χ0) is 20.7. The summed E-state index contributed by atoms with van der Waals surface area (Å²) in [5.41, 5.74) is 1.72. The molecule has 28 heavy (non-hydrogen) atoms. The van der Waals surface area contributed by atoms with E-state index in [1.165, 1.54) is 32.2 Å². The molecule has 0 aliphatic carbocycles. The smallest absolute Gasteiger partial charge is 0.339 e. The summed E-state index contributed by atoms with van der Waals surface area (Å²) < 4.78 is 40.4. The molecular formula is C20H24O7S. The fourth-order valence-corrected chi connectivity index (χ4v) is 3.46. The predicted octanol–water partition coefficient (Wildman–Crippen LogP) is 2.49. The highest BCUT2D eigenvalue weighted by molar-refractivity contribution is 7.87. The van der Waals surface area contributed by atoms with Crippen LogP contribution in [0.5, 0.6) is 11.5 Å². The first-order valence-electron chi connectivity index (χ1n) is 8.67. The van der Waals surface area contributed by atoms with Crippen LogP contribution in [0.25, 0.3) is 0 Å². The van der Waals surface area contributed by atoms with Crippen LogP contribution in [0.2, 0.25) is 0 Å². The first-order chi connectivity index (χ1) is 13.2. The topological polar surface area (TPSA) is 99.1 Å². The maximum Gasteiger partial charge on any atom is 0.339 e. The van der Waals surface area contributed by atoms with Crippen molar-refractivity contribution in [3.05, 3.63) is 53.6 Å². The highest BCUT2D eigenvalue weighted by Gasteiger charge is 2.20. The maximum atomic E-state index is 12.5. The normalized spacial score (nSPS) is 12.3. The Morgan fingerprint density at radius 1 is 1.11 bits per heavy atom. The van der Waals surface area contributed by atoms with Crippen molar-refractivity contribution in [1.29, 1.82) is 0 Å². The van der Waals surface area contributed by atoms with Crippen LogP contribution in [0.4, 0.5) is 0 Å². The molecule has 2 rings (SSSR count). The number of aliphatic hydroxyl groups is 1. The Bertz CT molecular complexity index is 905. The number of ether oxygens (including phenoxy) is 2. The van der Waals surface area contributed by atoms with Gasteiger partial charge in [0.25, 0.3) is 0 Å². The minimum Gasteiger partial charge on any atom is -0.493 e. The van der Waals surface area contributed by atoms with E-state index in [-0.39, 0.29) is 35.5 Å². The Morgan fingerprint density at radius 2 is 1.79 bits per heavy atom. The van der Waals surface area contributed by atoms with E-state index in [4.69, 9.17) is 13.7 Å². The zero-order valence-electron chi connectivity index (χ0n) is 16.0. The van der Waals surface area contributed by atoms with Crippen molar-refractivity contribution in [3.8, 4) is 11.5 Å². The van der Waals surface area contributed by atoms with E-state index in [1.807, 2.05) is 6.92 Å². The van der Waals surface area contributed by atoms with Gasteiger partial charge in [0.2, 0.25) is 0 Å². The minimum absolute atomic E-state index is 0.0472. The Kier molecular flexibility index (Phi) is 7.42. The van der Waals surface area contributed by atoms with Gasteiger partial charge in [-0.1, -0.05) is 23.8 Å². The molecule has 1 N–H and O–H groups in total. The molecular weight excluding hydrogens is 384 g/mol. The molecule has 7 nitrogen and oxygen atoms in total. The Labute approximate surface area is 165 Å². The van der Waals surface area contributed by atoms with E-state index in [1.54, 1.807) is 24.3 Å². The number of hydrogen-bond acceptors (Lipinski definition) is 7. The lowest BCUT2D eigenvalue weighted by Crippen LogP contribution is -2.18. The van der Waals surface area contributed by atoms with Crippen LogP contribution in [-0.4, -0.2) is 39.8 Å². The minimum atomic E-state index is -4.00. The average Bonchev–Trinajstić information content (AvgIpc) is 2.66. The first kappa shape index (κ1) is 21.7. The third-order valence-electron chi connectivity index (χ3n) is 4.04. The summed E-state index contributed by atoms with van der Waals surface area (Å²) in [5.74, 6) is -0.387. The average molecular weight is 408 g/mol. The number of methoxy groups -OCH3 is 1. The van der Waals surface area contributed by atoms with Gasteiger partial charge in [0.1, 0.15) is 4.90 Å². The molecule has 0 bridgehead atoms. The Hall–Kier alpha value is -2.58. The fraction of sp³-hybridized carbons (Fsp3) is 0.350. The second-order valence-electron chi connectivity index (χ2n) is 6.39. The lowest BCUT2D eigenvalue weighted by molar-refractivity contribution is -0.142. The van der Waals surface area contributed by atoms with Crippen molar-refractivity contribution in [2.45, 2.75) is 25.2 Å². The Morgan fingerprint density at radius 3 is 2.36 bits per heavy atom. The zero-order valence-corrected chi connectivity index (χ0v) is 16.9. The van der Waals surface area contributed by atoms with Gasteiger partial charge in [-0.05, 0) is 43.2 Å². The summed E-state index contributed by atoms with van der Waals surface area (Å²) >= 11 is 0. The molecule has 8 heteroatoms. The molecule has 0 fully saturated rings. The van der Waals surface area contributed by atoms with Crippen molar-refractivity contribution < 1.29 is 32.0 Å². The van der Waals surface area contributed by atoms with Gasteiger partial charge in [0, 0.05) is 19.4 Å². The molecule has 0 saturated carbocycles. The van der Waals surface area contributed by atoms with Gasteiger partial charge in [-0.15, -0.1) is 0 Å². The van der Waals surface area contributed by atoms with Gasteiger partial charge >= 0.3 is 16.1 Å². The molecule has 1 atom stereocenters. The highest BCUT2D eigenvalue weighted by atomic mass is 32.2. The molecule has 0 aliphatic heterocycles. The van der Waals surface area contributed by atoms with Crippen molar-refractivity contribution in [3.63, 3.8) is 0 Å². The molecule has 0 spiro atoms. The van der Waals surface area contributed by atoms with Crippen molar-refractivity contribution in [1.82, 2.24) is 0 Å². The summed E-state index contributed by atoms with van der Waals surface area (Å²) in [6, 6.07) is 11.2. The molecule has 2 aromatic carbocycles. The summed E-state index contributed by atoms with van der Waals surface area (Å²) in [7, 11) is -2.59. The van der Waals surface area contributed by atoms with E-state index in [0.29, 0.717) is 6.42 Å². The van der Waals surface area contributed by atoms with Crippen molar-refractivity contribution >= 4 is 16.1 Å². The van der Waals surface area contributed by atoms with Gasteiger partial charge in [-0.25, -0.2) is 0 Å². The molecule has 0 unspecified atom stereocenters. The van der Waals surface area contributed by atoms with E-state index in [2.05, 4.69) is 0 Å². The number of hydrogen-bond donors (Lipinski definition) is 1. The molecule has 0 aromatic heterocycles. The van der Waals surface area contributed by atoms with E-state index in [0.717, 1.165) is 11.1 Å². The van der Waals surface area contributed by atoms with Crippen molar-refractivity contribution in [2.75, 3.05) is 20.3 Å². The number of aliphatic hydroxyl groups excluding tert-OH is 1. The number of aryl methyl sites for hydroxylation is 1. The van der Waals surface area contributed by atoms with Crippen LogP contribution in [0.1, 0.15) is 18.1 Å². The molecule has 0 heterocycles. The van der Waals surface area contributed by atoms with E-state index < -0.39 is 16.1 Å². The second-order valence-corrected chi connectivity index (χ2v) is 7.94. The number of benzene rings is 2. The standard InChI is InChI=1S/C20H24O7S/c1-14-4-7-18(8-5-14)28(23,24)27-19-9-6-16(11-20(19)25-3)10-17(12-21)13-26-15(2)22/h4-9,11,17,21H,10,12-13H2,1-3H3/t17-/m1/s1. The van der Waals surface area contributed by atoms with Gasteiger partial charge in [0.05, 0.1) is 13.7 Å². The van der Waals surface area contributed by atoms with Crippen LogP contribution < -0.4 is 8.92 Å². The number of rotatable bonds is 9. The highest BCUT2D eigenvalue weighted by Crippen LogP contribution is 2.31. The van der Waals surface area contributed by atoms with E-state index >= 15 is 0 Å². The molecule has 2 aromatic rings. The van der Waals surface area contributed by atoms with Gasteiger partial charge in [-0.2, -0.15) is 8.42 Å². The van der Waals surface area contributed by atoms with Crippen molar-refractivity contribution in [2.24, 2.45) is 5.92 Å². The van der Waals surface area contributed by atoms with Crippen LogP contribution in [0.3, 0.4) is 0 Å². The third-order valence-corrected chi connectivity index (χ3v) is 5.29. The SMILES string of the molecule is COc1cc(C[C@H](CO)COC(C)=O)ccc1OS(=O)(=O)c1ccc(C)cc1. The summed E-state index contributed by atoms with van der Waals surface area (Å²) in [6.45, 7) is 3.10. The summed E-state index contributed by atoms with van der Waals surface area (Å²) in [5, 5.41) is 9.45. The third kappa shape index (κ3) is 5.97. The fourth-order valence-electron chi connectivity index (χ4n) is 2.52. The van der Waals surface area contributed by atoms with Crippen LogP contribution in [0.15, 0.2) is 47.4 Å². The Balaban J connectivity index is 2.18. The molecule has 0 saturated heterocycles. The maximum absolute atomic E-state index is 12.5. The van der Waals surface area contributed by atoms with Gasteiger partial charge < -0.3 is 18.8 Å². The van der Waals surface area contributed by atoms with E-state index in [9.17, 15) is 18.3 Å².